The molecule has 1 aliphatic rings. The van der Waals surface area contributed by atoms with E-state index in [0.717, 1.165) is 11.3 Å². The molecule has 1 aliphatic heterocycles. The predicted octanol–water partition coefficient (Wildman–Crippen LogP) is 3.81. The van der Waals surface area contributed by atoms with Crippen LogP contribution in [-0.4, -0.2) is 124 Å². The fraction of sp³-hybridized carbons (Fsp3) is 0.594. The number of hydrogen-bond donors (Lipinski definition) is 0. The third-order valence-corrected chi connectivity index (χ3v) is 8.50. The Bertz CT molecular complexity index is 1310. The van der Waals surface area contributed by atoms with Gasteiger partial charge in [-0.3, -0.25) is 13.9 Å². The van der Waals surface area contributed by atoms with Crippen LogP contribution in [0.3, 0.4) is 0 Å². The summed E-state index contributed by atoms with van der Waals surface area (Å²) in [5.74, 6) is -0.585. The van der Waals surface area contributed by atoms with E-state index in [2.05, 4.69) is 14.5 Å². The molecule has 0 bridgehead atoms. The number of aryl methyl sites for hydroxylation is 1. The number of carbonyl (C=O) groups is 1. The lowest BCUT2D eigenvalue weighted by Gasteiger charge is -2.40. The highest BCUT2D eigenvalue weighted by atomic mass is 32.2. The van der Waals surface area contributed by atoms with Crippen molar-refractivity contribution in [2.45, 2.75) is 37.6 Å². The van der Waals surface area contributed by atoms with Gasteiger partial charge in [-0.2, -0.15) is 8.42 Å². The molecule has 2 aromatic carbocycles. The van der Waals surface area contributed by atoms with E-state index in [-0.39, 0.29) is 55.5 Å². The Kier molecular flexibility index (Phi) is 16.9. The van der Waals surface area contributed by atoms with E-state index < -0.39 is 16.5 Å². The van der Waals surface area contributed by atoms with Gasteiger partial charge in [0.2, 0.25) is 0 Å². The van der Waals surface area contributed by atoms with E-state index in [0.29, 0.717) is 65.8 Å². The number of benzene rings is 2. The second kappa shape index (κ2) is 20.5. The van der Waals surface area contributed by atoms with Crippen molar-refractivity contribution < 1.29 is 59.0 Å². The molecule has 12 nitrogen and oxygen atoms in total. The van der Waals surface area contributed by atoms with Gasteiger partial charge in [0.15, 0.2) is 0 Å². The van der Waals surface area contributed by atoms with Crippen LogP contribution in [0.4, 0.5) is 18.9 Å². The summed E-state index contributed by atoms with van der Waals surface area (Å²) in [6.07, 6.45) is -4.57. The van der Waals surface area contributed by atoms with E-state index in [1.807, 2.05) is 6.92 Å². The van der Waals surface area contributed by atoms with Crippen LogP contribution >= 0.6 is 0 Å². The molecule has 1 unspecified atom stereocenters. The molecule has 0 aromatic heterocycles. The molecule has 2 aromatic rings. The first-order chi connectivity index (χ1) is 23.0. The Hall–Kier alpha value is -2.99. The van der Waals surface area contributed by atoms with Gasteiger partial charge in [0.1, 0.15) is 5.75 Å². The molecule has 3 rings (SSSR count). The number of rotatable bonds is 22. The van der Waals surface area contributed by atoms with Crippen LogP contribution in [0.25, 0.3) is 0 Å². The number of halogens is 3. The summed E-state index contributed by atoms with van der Waals surface area (Å²) in [5, 5.41) is 0. The maximum absolute atomic E-state index is 12.5. The lowest BCUT2D eigenvalue weighted by atomic mass is 10.1. The molecule has 0 amide bonds. The minimum absolute atomic E-state index is 0.0995. The van der Waals surface area contributed by atoms with Crippen LogP contribution in [0.1, 0.15) is 18.9 Å². The largest absolute Gasteiger partial charge is 0.573 e. The molecule has 0 radical (unpaired) electrons. The molecule has 270 valence electrons. The third-order valence-electron chi connectivity index (χ3n) is 7.18. The van der Waals surface area contributed by atoms with Gasteiger partial charge >= 0.3 is 12.3 Å². The van der Waals surface area contributed by atoms with Gasteiger partial charge in [0, 0.05) is 37.9 Å². The fourth-order valence-corrected chi connectivity index (χ4v) is 5.66. The van der Waals surface area contributed by atoms with Crippen LogP contribution in [0.5, 0.6) is 5.75 Å². The molecule has 48 heavy (non-hydrogen) atoms. The van der Waals surface area contributed by atoms with Gasteiger partial charge in [-0.15, -0.1) is 13.2 Å². The Morgan fingerprint density at radius 1 is 0.792 bits per heavy atom. The smallest absolute Gasteiger partial charge is 0.466 e. The number of nitrogens with zero attached hydrogens (tertiary/aromatic N) is 2. The van der Waals surface area contributed by atoms with Crippen LogP contribution in [-0.2, 0) is 42.8 Å². The van der Waals surface area contributed by atoms with Gasteiger partial charge in [-0.05, 0) is 50.2 Å². The maximum atomic E-state index is 12.5. The fourth-order valence-electron chi connectivity index (χ4n) is 4.76. The minimum atomic E-state index is -4.74. The van der Waals surface area contributed by atoms with Crippen molar-refractivity contribution in [3.63, 3.8) is 0 Å². The monoisotopic (exact) mass is 706 g/mol. The minimum Gasteiger partial charge on any atom is -0.466 e. The zero-order valence-corrected chi connectivity index (χ0v) is 28.1. The molecular formula is C32H45F3N2O10S. The second-order valence-electron chi connectivity index (χ2n) is 10.7. The van der Waals surface area contributed by atoms with Crippen molar-refractivity contribution in [2.24, 2.45) is 0 Å². The van der Waals surface area contributed by atoms with Gasteiger partial charge < -0.3 is 33.3 Å². The summed E-state index contributed by atoms with van der Waals surface area (Å²) in [5.41, 5.74) is 1.74. The number of hydrogen-bond acceptors (Lipinski definition) is 12. The first-order valence-electron chi connectivity index (χ1n) is 15.7. The summed E-state index contributed by atoms with van der Waals surface area (Å²) >= 11 is 0. The average Bonchev–Trinajstić information content (AvgIpc) is 3.04. The van der Waals surface area contributed by atoms with Gasteiger partial charge in [-0.25, -0.2) is 0 Å². The molecule has 0 spiro atoms. The van der Waals surface area contributed by atoms with E-state index >= 15 is 0 Å². The highest BCUT2D eigenvalue weighted by Crippen LogP contribution is 2.26. The molecule has 0 N–H and O–H groups in total. The molecule has 1 saturated heterocycles. The van der Waals surface area contributed by atoms with E-state index in [1.54, 1.807) is 31.2 Å². The van der Waals surface area contributed by atoms with Crippen LogP contribution in [0, 0.1) is 6.92 Å². The SMILES string of the molecule is CCOC(=O)CC(COCCOCCOCCOCCOS(=O)(=O)c1ccc(C)cc1)N1CCN(c2ccc(OC(F)(F)F)cc2)CC1. The second-order valence-corrected chi connectivity index (χ2v) is 12.3. The Morgan fingerprint density at radius 3 is 1.88 bits per heavy atom. The van der Waals surface area contributed by atoms with E-state index in [4.69, 9.17) is 27.9 Å². The number of anilines is 1. The number of ether oxygens (including phenoxy) is 6. The maximum Gasteiger partial charge on any atom is 0.573 e. The number of alkyl halides is 3. The van der Waals surface area contributed by atoms with Crippen molar-refractivity contribution in [1.82, 2.24) is 4.90 Å². The Morgan fingerprint density at radius 2 is 1.33 bits per heavy atom. The number of carbonyl (C=O) groups excluding carboxylic acids is 1. The molecule has 1 atom stereocenters. The van der Waals surface area contributed by atoms with Crippen molar-refractivity contribution in [1.29, 1.82) is 0 Å². The molecule has 1 heterocycles. The summed E-state index contributed by atoms with van der Waals surface area (Å²) in [6, 6.07) is 12.0. The molecule has 16 heteroatoms. The van der Waals surface area contributed by atoms with E-state index in [9.17, 15) is 26.4 Å². The first kappa shape index (κ1) is 39.4. The van der Waals surface area contributed by atoms with E-state index in [1.165, 1.54) is 24.3 Å². The normalized spacial score (nSPS) is 15.0. The summed E-state index contributed by atoms with van der Waals surface area (Å²) in [7, 11) is -3.82. The van der Waals surface area contributed by atoms with Crippen LogP contribution in [0.2, 0.25) is 0 Å². The highest BCUT2D eigenvalue weighted by Gasteiger charge is 2.31. The van der Waals surface area contributed by atoms with Gasteiger partial charge in [0.25, 0.3) is 10.1 Å². The quantitative estimate of drug-likeness (QED) is 0.101. The zero-order valence-electron chi connectivity index (χ0n) is 27.3. The van der Waals surface area contributed by atoms with Crippen molar-refractivity contribution in [3.05, 3.63) is 54.1 Å². The lowest BCUT2D eigenvalue weighted by molar-refractivity contribution is -0.274. The van der Waals surface area contributed by atoms with Crippen LogP contribution < -0.4 is 9.64 Å². The zero-order chi connectivity index (χ0) is 34.8. The number of piperazine rings is 1. The van der Waals surface area contributed by atoms with Gasteiger partial charge in [-0.1, -0.05) is 17.7 Å². The lowest BCUT2D eigenvalue weighted by Crippen LogP contribution is -2.52. The average molecular weight is 707 g/mol. The molecule has 0 saturated carbocycles. The van der Waals surface area contributed by atoms with Crippen molar-refractivity contribution >= 4 is 21.8 Å². The Balaban J connectivity index is 1.24. The number of esters is 1. The highest BCUT2D eigenvalue weighted by molar-refractivity contribution is 7.86. The summed E-state index contributed by atoms with van der Waals surface area (Å²) < 4.78 is 97.9. The first-order valence-corrected chi connectivity index (χ1v) is 17.1. The Labute approximate surface area is 280 Å². The predicted molar refractivity (Wildman–Crippen MR) is 170 cm³/mol. The summed E-state index contributed by atoms with van der Waals surface area (Å²) in [4.78, 5) is 16.6. The standard InChI is InChI=1S/C32H45F3N2O10S/c1-3-45-31(38)24-28(37-14-12-36(13-15-37)27-6-8-29(9-7-27)47-32(33,34)35)25-44-21-20-42-17-16-41-18-19-43-22-23-46-48(39,40)30-10-4-26(2)5-11-30/h4-11,28H,3,12-25H2,1-2H3. The van der Waals surface area contributed by atoms with Crippen LogP contribution in [0.15, 0.2) is 53.4 Å². The van der Waals surface area contributed by atoms with Crippen molar-refractivity contribution in [3.8, 4) is 5.75 Å². The third kappa shape index (κ3) is 15.1. The molecule has 0 aliphatic carbocycles. The molecule has 1 fully saturated rings. The van der Waals surface area contributed by atoms with Gasteiger partial charge in [0.05, 0.1) is 77.4 Å². The van der Waals surface area contributed by atoms with Crippen molar-refractivity contribution in [2.75, 3.05) is 97.1 Å². The summed E-state index contributed by atoms with van der Waals surface area (Å²) in [6.45, 7) is 8.64. The topological polar surface area (TPSA) is 122 Å². The molecular weight excluding hydrogens is 661 g/mol.